The number of hydrogen-bond donors (Lipinski definition) is 2. The van der Waals surface area contributed by atoms with Crippen LogP contribution in [0.2, 0.25) is 0 Å². The number of nitrogens with zero attached hydrogens (tertiary/aromatic N) is 1. The van der Waals surface area contributed by atoms with Gasteiger partial charge in [-0.3, -0.25) is 4.79 Å². The van der Waals surface area contributed by atoms with Crippen molar-refractivity contribution in [3.8, 4) is 28.7 Å². The lowest BCUT2D eigenvalue weighted by molar-refractivity contribution is -0.118. The molecule has 0 aromatic heterocycles. The van der Waals surface area contributed by atoms with Crippen molar-refractivity contribution in [1.29, 1.82) is 5.26 Å². The average Bonchev–Trinajstić information content (AvgIpc) is 3.51. The number of ether oxygens (including phenoxy) is 2. The summed E-state index contributed by atoms with van der Waals surface area (Å²) in [7, 11) is -2.17. The highest BCUT2D eigenvalue weighted by Crippen LogP contribution is 2.40. The second-order valence-corrected chi connectivity index (χ2v) is 12.4. The van der Waals surface area contributed by atoms with E-state index in [1.807, 2.05) is 24.3 Å². The first-order chi connectivity index (χ1) is 19.8. The largest absolute Gasteiger partial charge is 0.495 e. The molecule has 41 heavy (non-hydrogen) atoms. The van der Waals surface area contributed by atoms with Crippen molar-refractivity contribution in [3.63, 3.8) is 0 Å². The predicted molar refractivity (Wildman–Crippen MR) is 157 cm³/mol. The third kappa shape index (κ3) is 8.09. The minimum atomic E-state index is -3.68. The Kier molecular flexibility index (Phi) is 10.4. The van der Waals surface area contributed by atoms with E-state index in [0.29, 0.717) is 35.2 Å². The van der Waals surface area contributed by atoms with E-state index in [2.05, 4.69) is 23.5 Å². The Hall–Kier alpha value is -3.87. The Morgan fingerprint density at radius 2 is 1.73 bits per heavy atom. The van der Waals surface area contributed by atoms with Crippen LogP contribution in [0.25, 0.3) is 11.1 Å². The van der Waals surface area contributed by atoms with E-state index in [0.717, 1.165) is 24.0 Å². The first-order valence-electron chi connectivity index (χ1n) is 13.8. The molecular weight excluding hydrogens is 540 g/mol. The fourth-order valence-corrected chi connectivity index (χ4v) is 6.73. The van der Waals surface area contributed by atoms with Gasteiger partial charge in [-0.1, -0.05) is 67.4 Å². The van der Waals surface area contributed by atoms with Crippen molar-refractivity contribution in [1.82, 2.24) is 5.32 Å². The third-order valence-electron chi connectivity index (χ3n) is 7.47. The Balaban J connectivity index is 1.54. The molecule has 1 unspecified atom stereocenters. The maximum atomic E-state index is 12.5. The normalized spacial score (nSPS) is 14.3. The summed E-state index contributed by atoms with van der Waals surface area (Å²) < 4.78 is 36.9. The molecule has 8 nitrogen and oxygen atoms in total. The molecule has 1 fully saturated rings. The van der Waals surface area contributed by atoms with E-state index in [1.165, 1.54) is 25.5 Å². The molecule has 2 N–H and O–H groups in total. The first-order valence-corrected chi connectivity index (χ1v) is 15.6. The number of amides is 1. The molecular formula is C32H36N2O6S. The van der Waals surface area contributed by atoms with E-state index in [1.54, 1.807) is 30.3 Å². The smallest absolute Gasteiger partial charge is 0.235 e. The minimum absolute atomic E-state index is 0.0102. The minimum Gasteiger partial charge on any atom is -0.495 e. The van der Waals surface area contributed by atoms with Gasteiger partial charge < -0.3 is 19.9 Å². The standard InChI is InChI=1S/C32H36N2O6S/c1-39-30-17-27(24-13-11-23(12-14-24)21-41(37,38)22-32(36)34-15-16-35)18-31(28(30)19-33)40-20-29(26-9-5-6-10-26)25-7-3-2-4-8-25/h2-4,7-8,11-14,17-18,26,29,35H,5-6,9-10,15-16,20-22H2,1H3,(H,34,36). The third-order valence-corrected chi connectivity index (χ3v) is 8.95. The molecule has 1 amide bonds. The summed E-state index contributed by atoms with van der Waals surface area (Å²) in [6, 6.07) is 23.2. The van der Waals surface area contributed by atoms with E-state index in [4.69, 9.17) is 14.6 Å². The van der Waals surface area contributed by atoms with Gasteiger partial charge in [-0.25, -0.2) is 8.42 Å². The fraction of sp³-hybridized carbons (Fsp3) is 0.375. The van der Waals surface area contributed by atoms with Gasteiger partial charge in [-0.15, -0.1) is 0 Å². The number of benzene rings is 3. The molecule has 4 rings (SSSR count). The number of nitriles is 1. The highest BCUT2D eigenvalue weighted by molar-refractivity contribution is 7.91. The first kappa shape index (κ1) is 30.1. The molecule has 0 heterocycles. The number of aliphatic hydroxyl groups is 1. The molecule has 1 aliphatic rings. The SMILES string of the molecule is COc1cc(-c2ccc(CS(=O)(=O)CC(=O)NCCO)cc2)cc(OCC(c2ccccc2)C2CCCC2)c1C#N. The molecule has 1 saturated carbocycles. The molecule has 1 aliphatic carbocycles. The number of hydrogen-bond acceptors (Lipinski definition) is 7. The van der Waals surface area contributed by atoms with Gasteiger partial charge in [0.15, 0.2) is 9.84 Å². The van der Waals surface area contributed by atoms with Crippen LogP contribution < -0.4 is 14.8 Å². The summed E-state index contributed by atoms with van der Waals surface area (Å²) in [4.78, 5) is 11.8. The van der Waals surface area contributed by atoms with Crippen molar-refractivity contribution < 1.29 is 27.8 Å². The Morgan fingerprint density at radius 3 is 2.37 bits per heavy atom. The van der Waals surface area contributed by atoms with Gasteiger partial charge in [0, 0.05) is 12.5 Å². The highest BCUT2D eigenvalue weighted by Gasteiger charge is 2.27. The summed E-state index contributed by atoms with van der Waals surface area (Å²) >= 11 is 0. The molecule has 3 aromatic rings. The number of carbonyl (C=O) groups is 1. The molecule has 3 aromatic carbocycles. The van der Waals surface area contributed by atoms with Gasteiger partial charge in [0.1, 0.15) is 28.9 Å². The average molecular weight is 577 g/mol. The Morgan fingerprint density at radius 1 is 1.05 bits per heavy atom. The Labute approximate surface area is 241 Å². The summed E-state index contributed by atoms with van der Waals surface area (Å²) in [5.41, 5.74) is 3.68. The molecule has 1 atom stereocenters. The molecule has 0 radical (unpaired) electrons. The van der Waals surface area contributed by atoms with Crippen LogP contribution in [-0.4, -0.2) is 52.1 Å². The number of nitrogens with one attached hydrogen (secondary N) is 1. The lowest BCUT2D eigenvalue weighted by Gasteiger charge is -2.25. The summed E-state index contributed by atoms with van der Waals surface area (Å²) in [5, 5.41) is 21.1. The van der Waals surface area contributed by atoms with Crippen LogP contribution in [0.3, 0.4) is 0 Å². The molecule has 0 spiro atoms. The van der Waals surface area contributed by atoms with Gasteiger partial charge in [0.05, 0.1) is 26.1 Å². The summed E-state index contributed by atoms with van der Waals surface area (Å²) in [5.74, 6) is 0.0128. The van der Waals surface area contributed by atoms with Gasteiger partial charge in [-0.05, 0) is 53.1 Å². The van der Waals surface area contributed by atoms with Gasteiger partial charge in [0.2, 0.25) is 5.91 Å². The van der Waals surface area contributed by atoms with Crippen LogP contribution in [0.15, 0.2) is 66.7 Å². The van der Waals surface area contributed by atoms with Gasteiger partial charge >= 0.3 is 0 Å². The molecule has 216 valence electrons. The van der Waals surface area contributed by atoms with Crippen LogP contribution in [-0.2, 0) is 20.4 Å². The lowest BCUT2D eigenvalue weighted by Crippen LogP contribution is -2.32. The second-order valence-electron chi connectivity index (χ2n) is 10.3. The zero-order valence-electron chi connectivity index (χ0n) is 23.2. The molecule has 0 aliphatic heterocycles. The number of carbonyl (C=O) groups excluding carboxylic acids is 1. The zero-order chi connectivity index (χ0) is 29.2. The number of aliphatic hydroxyl groups excluding tert-OH is 1. The van der Waals surface area contributed by atoms with Gasteiger partial charge in [-0.2, -0.15) is 5.26 Å². The summed E-state index contributed by atoms with van der Waals surface area (Å²) in [6.07, 6.45) is 4.75. The van der Waals surface area contributed by atoms with Crippen molar-refractivity contribution >= 4 is 15.7 Å². The molecule has 0 bridgehead atoms. The highest BCUT2D eigenvalue weighted by atomic mass is 32.2. The maximum absolute atomic E-state index is 12.5. The van der Waals surface area contributed by atoms with Crippen molar-refractivity contribution in [2.24, 2.45) is 5.92 Å². The van der Waals surface area contributed by atoms with E-state index in [-0.39, 0.29) is 24.8 Å². The zero-order valence-corrected chi connectivity index (χ0v) is 24.0. The van der Waals surface area contributed by atoms with E-state index < -0.39 is 21.5 Å². The number of sulfone groups is 1. The quantitative estimate of drug-likeness (QED) is 0.304. The molecule has 0 saturated heterocycles. The second kappa shape index (κ2) is 14.2. The van der Waals surface area contributed by atoms with E-state index >= 15 is 0 Å². The van der Waals surface area contributed by atoms with Crippen LogP contribution in [0.1, 0.15) is 48.3 Å². The number of rotatable bonds is 13. The van der Waals surface area contributed by atoms with Crippen molar-refractivity contribution in [2.75, 3.05) is 32.6 Å². The van der Waals surface area contributed by atoms with Crippen LogP contribution in [0.5, 0.6) is 11.5 Å². The van der Waals surface area contributed by atoms with Crippen LogP contribution >= 0.6 is 0 Å². The van der Waals surface area contributed by atoms with Crippen LogP contribution in [0.4, 0.5) is 0 Å². The monoisotopic (exact) mass is 576 g/mol. The lowest BCUT2D eigenvalue weighted by atomic mass is 9.85. The van der Waals surface area contributed by atoms with Gasteiger partial charge in [0.25, 0.3) is 0 Å². The molecule has 9 heteroatoms. The number of methoxy groups -OCH3 is 1. The predicted octanol–water partition coefficient (Wildman–Crippen LogP) is 4.61. The van der Waals surface area contributed by atoms with Crippen molar-refractivity contribution in [2.45, 2.75) is 37.4 Å². The van der Waals surface area contributed by atoms with Crippen molar-refractivity contribution in [3.05, 3.63) is 83.4 Å². The topological polar surface area (TPSA) is 126 Å². The maximum Gasteiger partial charge on any atom is 0.235 e. The summed E-state index contributed by atoms with van der Waals surface area (Å²) in [6.45, 7) is 0.198. The fourth-order valence-electron chi connectivity index (χ4n) is 5.43. The van der Waals surface area contributed by atoms with E-state index in [9.17, 15) is 18.5 Å². The Bertz CT molecular complexity index is 1460. The van der Waals surface area contributed by atoms with Crippen LogP contribution in [0, 0.1) is 17.2 Å².